The molecule has 78 valence electrons. The zero-order valence-corrected chi connectivity index (χ0v) is 10.9. The normalized spacial score (nSPS) is 11.6. The maximum atomic E-state index is 10.7. The molecule has 0 bridgehead atoms. The number of aryl methyl sites for hydroxylation is 1. The van der Waals surface area contributed by atoms with E-state index in [4.69, 9.17) is 0 Å². The van der Waals surface area contributed by atoms with Gasteiger partial charge in [0.25, 0.3) is 10.1 Å². The Morgan fingerprint density at radius 1 is 1.43 bits per heavy atom. The topological polar surface area (TPSA) is 43.4 Å². The second-order valence-corrected chi connectivity index (χ2v) is 5.86. The molecule has 0 radical (unpaired) electrons. The summed E-state index contributed by atoms with van der Waals surface area (Å²) in [5, 5.41) is 0. The van der Waals surface area contributed by atoms with Crippen molar-refractivity contribution in [2.75, 3.05) is 6.26 Å². The third-order valence-corrected chi connectivity index (χ3v) is 3.42. The summed E-state index contributed by atoms with van der Waals surface area (Å²) in [5.41, 5.74) is 1.99. The third-order valence-electron chi connectivity index (χ3n) is 1.66. The monoisotopic (exact) mass is 326 g/mol. The quantitative estimate of drug-likeness (QED) is 0.631. The largest absolute Gasteiger partial charge is 0.265 e. The van der Waals surface area contributed by atoms with Crippen LogP contribution in [0.15, 0.2) is 18.2 Å². The first kappa shape index (κ1) is 11.9. The van der Waals surface area contributed by atoms with E-state index in [9.17, 15) is 8.42 Å². The van der Waals surface area contributed by atoms with Crippen LogP contribution in [0.1, 0.15) is 11.1 Å². The molecule has 14 heavy (non-hydrogen) atoms. The van der Waals surface area contributed by atoms with E-state index in [2.05, 4.69) is 26.8 Å². The van der Waals surface area contributed by atoms with Gasteiger partial charge in [0.15, 0.2) is 0 Å². The molecule has 0 aliphatic carbocycles. The van der Waals surface area contributed by atoms with Crippen molar-refractivity contribution >= 4 is 32.7 Å². The molecule has 0 saturated heterocycles. The van der Waals surface area contributed by atoms with Gasteiger partial charge in [-0.1, -0.05) is 12.1 Å². The molecular weight excluding hydrogens is 315 g/mol. The number of hydrogen-bond donors (Lipinski definition) is 0. The first-order chi connectivity index (χ1) is 6.38. The predicted molar refractivity (Wildman–Crippen MR) is 63.5 cm³/mol. The number of halogens is 1. The summed E-state index contributed by atoms with van der Waals surface area (Å²) < 4.78 is 27.3. The van der Waals surface area contributed by atoms with Crippen LogP contribution in [0.5, 0.6) is 0 Å². The maximum absolute atomic E-state index is 10.7. The average molecular weight is 326 g/mol. The molecule has 0 aliphatic heterocycles. The van der Waals surface area contributed by atoms with E-state index >= 15 is 0 Å². The highest BCUT2D eigenvalue weighted by Crippen LogP contribution is 2.14. The Balaban J connectivity index is 2.74. The molecule has 1 rings (SSSR count). The second kappa shape index (κ2) is 4.59. The van der Waals surface area contributed by atoms with E-state index in [1.807, 2.05) is 25.1 Å². The molecular formula is C9H11IO3S. The second-order valence-electron chi connectivity index (χ2n) is 3.05. The van der Waals surface area contributed by atoms with Crippen molar-refractivity contribution in [2.45, 2.75) is 13.5 Å². The molecule has 0 aliphatic rings. The molecule has 0 amide bonds. The Kier molecular flexibility index (Phi) is 3.91. The number of benzene rings is 1. The van der Waals surface area contributed by atoms with Gasteiger partial charge in [-0.25, -0.2) is 0 Å². The Labute approximate surface area is 97.7 Å². The van der Waals surface area contributed by atoms with Gasteiger partial charge < -0.3 is 0 Å². The maximum Gasteiger partial charge on any atom is 0.264 e. The molecule has 3 nitrogen and oxygen atoms in total. The summed E-state index contributed by atoms with van der Waals surface area (Å²) in [4.78, 5) is 0. The molecule has 1 aromatic carbocycles. The van der Waals surface area contributed by atoms with Crippen LogP contribution in [0.4, 0.5) is 0 Å². The molecule has 5 heteroatoms. The van der Waals surface area contributed by atoms with Gasteiger partial charge in [-0.3, -0.25) is 4.18 Å². The minimum Gasteiger partial charge on any atom is -0.265 e. The highest BCUT2D eigenvalue weighted by molar-refractivity contribution is 14.1. The lowest BCUT2D eigenvalue weighted by atomic mass is 10.1. The van der Waals surface area contributed by atoms with Crippen LogP contribution >= 0.6 is 22.6 Å². The van der Waals surface area contributed by atoms with Crippen LogP contribution < -0.4 is 0 Å². The Bertz CT molecular complexity index is 426. The van der Waals surface area contributed by atoms with Crippen molar-refractivity contribution in [3.63, 3.8) is 0 Å². The van der Waals surface area contributed by atoms with Crippen molar-refractivity contribution < 1.29 is 12.6 Å². The van der Waals surface area contributed by atoms with E-state index in [1.54, 1.807) is 0 Å². The highest BCUT2D eigenvalue weighted by atomic mass is 127. The molecule has 0 N–H and O–H groups in total. The molecule has 0 unspecified atom stereocenters. The van der Waals surface area contributed by atoms with Gasteiger partial charge in [-0.15, -0.1) is 0 Å². The van der Waals surface area contributed by atoms with Gasteiger partial charge in [0.1, 0.15) is 0 Å². The lowest BCUT2D eigenvalue weighted by molar-refractivity contribution is 0.311. The minimum atomic E-state index is -3.35. The van der Waals surface area contributed by atoms with Crippen LogP contribution in [0.25, 0.3) is 0 Å². The van der Waals surface area contributed by atoms with E-state index in [0.29, 0.717) is 0 Å². The Morgan fingerprint density at radius 3 is 2.57 bits per heavy atom. The first-order valence-corrected chi connectivity index (χ1v) is 6.87. The average Bonchev–Trinajstić information content (AvgIpc) is 2.06. The summed E-state index contributed by atoms with van der Waals surface area (Å²) in [6, 6.07) is 5.73. The van der Waals surface area contributed by atoms with E-state index in [1.165, 1.54) is 0 Å². The fourth-order valence-corrected chi connectivity index (χ4v) is 1.66. The summed E-state index contributed by atoms with van der Waals surface area (Å²) in [5.74, 6) is 0. The molecule has 0 spiro atoms. The molecule has 0 fully saturated rings. The van der Waals surface area contributed by atoms with Crippen LogP contribution in [0, 0.1) is 10.5 Å². The van der Waals surface area contributed by atoms with Crippen molar-refractivity contribution in [2.24, 2.45) is 0 Å². The van der Waals surface area contributed by atoms with E-state index in [-0.39, 0.29) is 6.61 Å². The first-order valence-electron chi connectivity index (χ1n) is 3.98. The minimum absolute atomic E-state index is 0.108. The smallest absolute Gasteiger partial charge is 0.264 e. The van der Waals surface area contributed by atoms with Crippen molar-refractivity contribution in [3.8, 4) is 0 Å². The number of hydrogen-bond acceptors (Lipinski definition) is 3. The zero-order chi connectivity index (χ0) is 10.8. The predicted octanol–water partition coefficient (Wildman–Crippen LogP) is 2.08. The SMILES string of the molecule is Cc1cc(COS(C)(=O)=O)ccc1I. The summed E-state index contributed by atoms with van der Waals surface area (Å²) in [6.45, 7) is 2.09. The van der Waals surface area contributed by atoms with Crippen molar-refractivity contribution in [1.29, 1.82) is 0 Å². The summed E-state index contributed by atoms with van der Waals surface area (Å²) in [6.07, 6.45) is 1.05. The molecule has 0 saturated carbocycles. The van der Waals surface area contributed by atoms with Gasteiger partial charge in [0, 0.05) is 3.57 Å². The third kappa shape index (κ3) is 3.93. The van der Waals surface area contributed by atoms with E-state index in [0.717, 1.165) is 21.0 Å². The van der Waals surface area contributed by atoms with Gasteiger partial charge in [0.05, 0.1) is 12.9 Å². The summed E-state index contributed by atoms with van der Waals surface area (Å²) >= 11 is 2.23. The fourth-order valence-electron chi connectivity index (χ4n) is 0.972. The van der Waals surface area contributed by atoms with Crippen LogP contribution in [0.3, 0.4) is 0 Å². The molecule has 1 aromatic rings. The van der Waals surface area contributed by atoms with Crippen LogP contribution in [-0.2, 0) is 20.9 Å². The molecule has 0 aromatic heterocycles. The van der Waals surface area contributed by atoms with E-state index < -0.39 is 10.1 Å². The molecule has 0 atom stereocenters. The Hall–Kier alpha value is -0.140. The standard InChI is InChI=1S/C9H11IO3S/c1-7-5-8(3-4-9(7)10)6-13-14(2,11)12/h3-5H,6H2,1-2H3. The molecule has 0 heterocycles. The highest BCUT2D eigenvalue weighted by Gasteiger charge is 2.03. The summed E-state index contributed by atoms with van der Waals surface area (Å²) in [7, 11) is -3.35. The van der Waals surface area contributed by atoms with Crippen molar-refractivity contribution in [3.05, 3.63) is 32.9 Å². The zero-order valence-electron chi connectivity index (χ0n) is 7.95. The lowest BCUT2D eigenvalue weighted by Gasteiger charge is -2.04. The lowest BCUT2D eigenvalue weighted by Crippen LogP contribution is -2.02. The van der Waals surface area contributed by atoms with Gasteiger partial charge in [-0.2, -0.15) is 8.42 Å². The van der Waals surface area contributed by atoms with Crippen molar-refractivity contribution in [1.82, 2.24) is 0 Å². The van der Waals surface area contributed by atoms with Crippen LogP contribution in [0.2, 0.25) is 0 Å². The fraction of sp³-hybridized carbons (Fsp3) is 0.333. The van der Waals surface area contributed by atoms with Gasteiger partial charge in [0.2, 0.25) is 0 Å². The van der Waals surface area contributed by atoms with Crippen LogP contribution in [-0.4, -0.2) is 14.7 Å². The number of rotatable bonds is 3. The van der Waals surface area contributed by atoms with Gasteiger partial charge in [-0.05, 0) is 46.7 Å². The van der Waals surface area contributed by atoms with Gasteiger partial charge >= 0.3 is 0 Å². The Morgan fingerprint density at radius 2 is 2.07 bits per heavy atom.